The number of aryl methyl sites for hydroxylation is 1. The summed E-state index contributed by atoms with van der Waals surface area (Å²) in [7, 11) is 0. The highest BCUT2D eigenvalue weighted by Crippen LogP contribution is 2.26. The van der Waals surface area contributed by atoms with Crippen LogP contribution in [0.1, 0.15) is 97.4 Å². The second-order valence-corrected chi connectivity index (χ2v) is 8.25. The molecule has 0 aliphatic rings. The number of phenolic OH excluding ortho intramolecular Hbond substituents is 1. The van der Waals surface area contributed by atoms with Gasteiger partial charge in [-0.1, -0.05) is 76.8 Å². The molecule has 0 spiro atoms. The summed E-state index contributed by atoms with van der Waals surface area (Å²) >= 11 is 0. The first-order chi connectivity index (χ1) is 15.0. The Morgan fingerprint density at radius 1 is 0.774 bits per heavy atom. The quantitative estimate of drug-likeness (QED) is 0.147. The fourth-order valence-electron chi connectivity index (χ4n) is 3.81. The predicted octanol–water partition coefficient (Wildman–Crippen LogP) is 6.09. The lowest BCUT2D eigenvalue weighted by atomic mass is 9.95. The average molecular weight is 425 g/mol. The van der Waals surface area contributed by atoms with Crippen molar-refractivity contribution in [3.05, 3.63) is 53.1 Å². The molecule has 0 atom stereocenters. The lowest BCUT2D eigenvalue weighted by Gasteiger charge is -2.10. The van der Waals surface area contributed by atoms with Crippen molar-refractivity contribution < 1.29 is 14.7 Å². The monoisotopic (exact) mass is 424 g/mol. The van der Waals surface area contributed by atoms with Crippen molar-refractivity contribution in [1.29, 1.82) is 0 Å². The van der Waals surface area contributed by atoms with E-state index in [1.165, 1.54) is 69.6 Å². The minimum absolute atomic E-state index is 0.0680. The molecule has 168 valence electrons. The molecular weight excluding hydrogens is 388 g/mol. The van der Waals surface area contributed by atoms with Gasteiger partial charge < -0.3 is 16.6 Å². The van der Waals surface area contributed by atoms with Crippen LogP contribution in [0.2, 0.25) is 0 Å². The topological polar surface area (TPSA) is 106 Å². The Bertz CT molecular complexity index is 857. The van der Waals surface area contributed by atoms with E-state index in [-0.39, 0.29) is 28.3 Å². The number of hydrogen-bond donors (Lipinski definition) is 3. The number of nitrogen functional groups attached to an aromatic ring is 2. The number of aromatic hydroxyl groups is 1. The Balaban J connectivity index is 1.86. The molecule has 0 fully saturated rings. The number of carbonyl (C=O) groups excluding carboxylic acids is 2. The Labute approximate surface area is 185 Å². The maximum absolute atomic E-state index is 12.8. The highest BCUT2D eigenvalue weighted by molar-refractivity contribution is 6.51. The normalized spacial score (nSPS) is 10.9. The standard InChI is InChI=1S/C26H36N2O3/c1-2-3-4-5-6-7-8-9-10-11-13-19-16-17-21(27)20(18-19)25(30)26(31)24-22(28)14-12-15-23(24)29/h12,14-18,29H,2-11,13,27-28H2,1H3. The van der Waals surface area contributed by atoms with Gasteiger partial charge in [-0.2, -0.15) is 0 Å². The molecule has 0 amide bonds. The average Bonchev–Trinajstić information content (AvgIpc) is 2.75. The van der Waals surface area contributed by atoms with Crippen LogP contribution >= 0.6 is 0 Å². The Hall–Kier alpha value is -2.82. The molecule has 2 aromatic rings. The smallest absolute Gasteiger partial charge is 0.239 e. The molecule has 0 saturated carbocycles. The molecule has 2 rings (SSSR count). The lowest BCUT2D eigenvalue weighted by Crippen LogP contribution is -2.18. The fraction of sp³-hybridized carbons (Fsp3) is 0.462. The number of rotatable bonds is 14. The molecular formula is C26H36N2O3. The zero-order valence-electron chi connectivity index (χ0n) is 18.7. The van der Waals surface area contributed by atoms with Gasteiger partial charge in [-0.05, 0) is 42.7 Å². The van der Waals surface area contributed by atoms with Gasteiger partial charge in [0.05, 0.1) is 5.56 Å². The molecule has 0 unspecified atom stereocenters. The molecule has 0 radical (unpaired) electrons. The van der Waals surface area contributed by atoms with Gasteiger partial charge in [0, 0.05) is 16.9 Å². The summed E-state index contributed by atoms with van der Waals surface area (Å²) in [5, 5.41) is 9.96. The van der Waals surface area contributed by atoms with Crippen molar-refractivity contribution in [1.82, 2.24) is 0 Å². The van der Waals surface area contributed by atoms with Crippen LogP contribution in [0.3, 0.4) is 0 Å². The number of anilines is 2. The molecule has 5 nitrogen and oxygen atoms in total. The number of nitrogens with two attached hydrogens (primary N) is 2. The van der Waals surface area contributed by atoms with Crippen LogP contribution in [0.15, 0.2) is 36.4 Å². The van der Waals surface area contributed by atoms with E-state index in [0.29, 0.717) is 0 Å². The summed E-state index contributed by atoms with van der Waals surface area (Å²) in [5.41, 5.74) is 13.0. The molecule has 0 aromatic heterocycles. The summed E-state index contributed by atoms with van der Waals surface area (Å²) in [6.45, 7) is 2.24. The van der Waals surface area contributed by atoms with E-state index < -0.39 is 11.6 Å². The fourth-order valence-corrected chi connectivity index (χ4v) is 3.81. The zero-order valence-corrected chi connectivity index (χ0v) is 18.7. The molecule has 5 N–H and O–H groups in total. The molecule has 2 aromatic carbocycles. The van der Waals surface area contributed by atoms with Gasteiger partial charge in [0.25, 0.3) is 0 Å². The summed E-state index contributed by atoms with van der Waals surface area (Å²) in [6, 6.07) is 9.60. The number of phenols is 1. The second-order valence-electron chi connectivity index (χ2n) is 8.25. The maximum atomic E-state index is 12.8. The number of ketones is 2. The Morgan fingerprint density at radius 2 is 1.39 bits per heavy atom. The maximum Gasteiger partial charge on any atom is 0.239 e. The molecule has 0 aliphatic carbocycles. The minimum Gasteiger partial charge on any atom is -0.507 e. The minimum atomic E-state index is -0.849. The van der Waals surface area contributed by atoms with E-state index in [1.54, 1.807) is 12.1 Å². The molecule has 0 heterocycles. The third-order valence-electron chi connectivity index (χ3n) is 5.69. The van der Waals surface area contributed by atoms with Crippen LogP contribution in [0.5, 0.6) is 5.75 Å². The number of carbonyl (C=O) groups is 2. The van der Waals surface area contributed by atoms with Crippen LogP contribution in [-0.2, 0) is 6.42 Å². The van der Waals surface area contributed by atoms with E-state index in [1.807, 2.05) is 6.07 Å². The Kier molecular flexibility index (Phi) is 10.1. The Morgan fingerprint density at radius 3 is 2.00 bits per heavy atom. The number of unbranched alkanes of at least 4 members (excludes halogenated alkanes) is 9. The van der Waals surface area contributed by atoms with Crippen LogP contribution < -0.4 is 11.5 Å². The highest BCUT2D eigenvalue weighted by atomic mass is 16.3. The molecule has 31 heavy (non-hydrogen) atoms. The van der Waals surface area contributed by atoms with Crippen molar-refractivity contribution in [2.45, 2.75) is 77.6 Å². The third-order valence-corrected chi connectivity index (χ3v) is 5.69. The number of Topliss-reactive ketones (excluding diaryl/α,β-unsaturated/α-hetero) is 2. The van der Waals surface area contributed by atoms with E-state index in [4.69, 9.17) is 11.5 Å². The van der Waals surface area contributed by atoms with Gasteiger partial charge in [0.15, 0.2) is 0 Å². The van der Waals surface area contributed by atoms with Gasteiger partial charge in [-0.15, -0.1) is 0 Å². The van der Waals surface area contributed by atoms with Crippen molar-refractivity contribution in [2.24, 2.45) is 0 Å². The zero-order chi connectivity index (χ0) is 22.6. The molecule has 0 bridgehead atoms. The van der Waals surface area contributed by atoms with Crippen molar-refractivity contribution in [3.63, 3.8) is 0 Å². The first-order valence-electron chi connectivity index (χ1n) is 11.5. The second kappa shape index (κ2) is 12.8. The summed E-state index contributed by atoms with van der Waals surface area (Å²) < 4.78 is 0. The first kappa shape index (κ1) is 24.4. The summed E-state index contributed by atoms with van der Waals surface area (Å²) in [6.07, 6.45) is 13.5. The van der Waals surface area contributed by atoms with Crippen LogP contribution in [0, 0.1) is 0 Å². The number of benzene rings is 2. The molecule has 0 aliphatic heterocycles. The van der Waals surface area contributed by atoms with Crippen LogP contribution in [0.25, 0.3) is 0 Å². The lowest BCUT2D eigenvalue weighted by molar-refractivity contribution is 0.0816. The first-order valence-corrected chi connectivity index (χ1v) is 11.5. The van der Waals surface area contributed by atoms with E-state index in [0.717, 1.165) is 24.8 Å². The van der Waals surface area contributed by atoms with Gasteiger partial charge in [0.2, 0.25) is 11.6 Å². The van der Waals surface area contributed by atoms with E-state index >= 15 is 0 Å². The molecule has 5 heteroatoms. The van der Waals surface area contributed by atoms with Gasteiger partial charge in [-0.25, -0.2) is 0 Å². The molecule has 0 saturated heterocycles. The van der Waals surface area contributed by atoms with Crippen LogP contribution in [0.4, 0.5) is 11.4 Å². The third kappa shape index (κ3) is 7.42. The van der Waals surface area contributed by atoms with Gasteiger partial charge in [-0.3, -0.25) is 9.59 Å². The largest absolute Gasteiger partial charge is 0.507 e. The SMILES string of the molecule is CCCCCCCCCCCCc1ccc(N)c(C(=O)C(=O)c2c(N)cccc2O)c1. The van der Waals surface area contributed by atoms with Crippen molar-refractivity contribution in [3.8, 4) is 5.75 Å². The van der Waals surface area contributed by atoms with Gasteiger partial charge in [0.1, 0.15) is 5.75 Å². The summed E-state index contributed by atoms with van der Waals surface area (Å²) in [5.74, 6) is -1.91. The van der Waals surface area contributed by atoms with Crippen molar-refractivity contribution >= 4 is 22.9 Å². The van der Waals surface area contributed by atoms with E-state index in [9.17, 15) is 14.7 Å². The summed E-state index contributed by atoms with van der Waals surface area (Å²) in [4.78, 5) is 25.4. The van der Waals surface area contributed by atoms with Gasteiger partial charge >= 0.3 is 0 Å². The highest BCUT2D eigenvalue weighted by Gasteiger charge is 2.25. The number of hydrogen-bond acceptors (Lipinski definition) is 5. The predicted molar refractivity (Wildman–Crippen MR) is 128 cm³/mol. The van der Waals surface area contributed by atoms with Crippen LogP contribution in [-0.4, -0.2) is 16.7 Å². The van der Waals surface area contributed by atoms with E-state index in [2.05, 4.69) is 6.92 Å². The van der Waals surface area contributed by atoms with Crippen molar-refractivity contribution in [2.75, 3.05) is 11.5 Å².